The van der Waals surface area contributed by atoms with Crippen molar-refractivity contribution in [3.63, 3.8) is 0 Å². The number of ketones is 1. The molecule has 2 aromatic carbocycles. The number of halogens is 1. The van der Waals surface area contributed by atoms with Gasteiger partial charge in [-0.2, -0.15) is 0 Å². The summed E-state index contributed by atoms with van der Waals surface area (Å²) in [5.74, 6) is -0.510. The van der Waals surface area contributed by atoms with Crippen molar-refractivity contribution in [1.29, 1.82) is 0 Å². The number of methoxy groups -OCH3 is 2. The molecule has 2 aliphatic rings. The lowest BCUT2D eigenvalue weighted by Crippen LogP contribution is -2.36. The molecule has 0 radical (unpaired) electrons. The van der Waals surface area contributed by atoms with E-state index in [1.54, 1.807) is 19.2 Å². The molecular formula is C30H34BrNO7. The highest BCUT2D eigenvalue weighted by molar-refractivity contribution is 9.10. The zero-order valence-electron chi connectivity index (χ0n) is 22.8. The molecule has 0 aromatic heterocycles. The highest BCUT2D eigenvalue weighted by Gasteiger charge is 2.42. The van der Waals surface area contributed by atoms with Crippen LogP contribution in [-0.4, -0.2) is 50.4 Å². The minimum absolute atomic E-state index is 0.0133. The topological polar surface area (TPSA) is 103 Å². The largest absolute Gasteiger partial charge is 0.503 e. The first-order chi connectivity index (χ1) is 18.7. The average Bonchev–Trinajstić information content (AvgIpc) is 2.91. The smallest absolute Gasteiger partial charge is 0.336 e. The van der Waals surface area contributed by atoms with Gasteiger partial charge < -0.3 is 29.4 Å². The highest BCUT2D eigenvalue weighted by atomic mass is 79.9. The lowest BCUT2D eigenvalue weighted by molar-refractivity contribution is -0.141. The van der Waals surface area contributed by atoms with Crippen molar-refractivity contribution in [2.24, 2.45) is 0 Å². The van der Waals surface area contributed by atoms with Crippen LogP contribution in [0.3, 0.4) is 0 Å². The van der Waals surface area contributed by atoms with Gasteiger partial charge in [0, 0.05) is 35.2 Å². The number of dihydropyridines is 1. The van der Waals surface area contributed by atoms with Crippen LogP contribution in [0.2, 0.25) is 0 Å². The van der Waals surface area contributed by atoms with Gasteiger partial charge in [0.25, 0.3) is 0 Å². The Kier molecular flexibility index (Phi) is 9.02. The predicted octanol–water partition coefficient (Wildman–Crippen LogP) is 5.50. The van der Waals surface area contributed by atoms with E-state index in [4.69, 9.17) is 18.9 Å². The normalized spacial score (nSPS) is 19.1. The van der Waals surface area contributed by atoms with Gasteiger partial charge in [-0.1, -0.05) is 18.2 Å². The standard InChI is InChI=1S/C30H34BrNO7/c1-16(2)38-10-11-39-30(35)26-17(3)32-22-13-18(20-8-6-7-9-24(20)36-4)14-23(33)28(22)27(26)19-12-21(31)29(34)25(15-19)37-5/h6-9,12,15-16,18,27,32,34H,10-11,13-14H2,1-5H3/t18-,27+/m0/s1. The molecule has 39 heavy (non-hydrogen) atoms. The molecule has 0 spiro atoms. The van der Waals surface area contributed by atoms with Crippen molar-refractivity contribution < 1.29 is 33.6 Å². The van der Waals surface area contributed by atoms with Gasteiger partial charge >= 0.3 is 5.97 Å². The van der Waals surface area contributed by atoms with E-state index in [9.17, 15) is 14.7 Å². The molecule has 0 saturated heterocycles. The summed E-state index contributed by atoms with van der Waals surface area (Å²) in [5.41, 5.74) is 3.79. The lowest BCUT2D eigenvalue weighted by atomic mass is 9.71. The molecule has 9 heteroatoms. The molecule has 0 unspecified atom stereocenters. The van der Waals surface area contributed by atoms with Crippen LogP contribution in [-0.2, 0) is 19.1 Å². The number of aromatic hydroxyl groups is 1. The van der Waals surface area contributed by atoms with Gasteiger partial charge in [0.15, 0.2) is 17.3 Å². The van der Waals surface area contributed by atoms with Gasteiger partial charge in [0.05, 0.1) is 37.0 Å². The third kappa shape index (κ3) is 5.99. The SMILES string of the molecule is COc1ccccc1[C@@H]1CC(=O)C2=C(C1)NC(C)=C(C(=O)OCCOC(C)C)[C@H]2c1cc(Br)c(O)c(OC)c1. The molecule has 0 bridgehead atoms. The number of allylic oxidation sites excluding steroid dienone is 3. The first-order valence-electron chi connectivity index (χ1n) is 12.9. The summed E-state index contributed by atoms with van der Waals surface area (Å²) in [7, 11) is 3.07. The van der Waals surface area contributed by atoms with Gasteiger partial charge in [-0.05, 0) is 72.4 Å². The van der Waals surface area contributed by atoms with Crippen LogP contribution in [0.5, 0.6) is 17.2 Å². The fourth-order valence-corrected chi connectivity index (χ4v) is 5.74. The van der Waals surface area contributed by atoms with Crippen molar-refractivity contribution in [2.45, 2.75) is 51.6 Å². The van der Waals surface area contributed by atoms with E-state index in [1.165, 1.54) is 7.11 Å². The number of phenolic OH excluding ortho intramolecular Hbond substituents is 1. The molecule has 2 aromatic rings. The van der Waals surface area contributed by atoms with Crippen LogP contribution in [0.25, 0.3) is 0 Å². The molecule has 0 saturated carbocycles. The van der Waals surface area contributed by atoms with E-state index in [0.717, 1.165) is 17.0 Å². The van der Waals surface area contributed by atoms with E-state index in [1.807, 2.05) is 45.0 Å². The van der Waals surface area contributed by atoms with E-state index >= 15 is 0 Å². The van der Waals surface area contributed by atoms with E-state index in [2.05, 4.69) is 21.2 Å². The highest BCUT2D eigenvalue weighted by Crippen LogP contribution is 2.49. The minimum Gasteiger partial charge on any atom is -0.503 e. The average molecular weight is 601 g/mol. The fraction of sp³-hybridized carbons (Fsp3) is 0.400. The lowest BCUT2D eigenvalue weighted by Gasteiger charge is -2.37. The molecule has 2 N–H and O–H groups in total. The number of carbonyl (C=O) groups is 2. The van der Waals surface area contributed by atoms with Crippen molar-refractivity contribution in [1.82, 2.24) is 5.32 Å². The number of carbonyl (C=O) groups excluding carboxylic acids is 2. The second-order valence-electron chi connectivity index (χ2n) is 9.87. The first-order valence-corrected chi connectivity index (χ1v) is 13.7. The summed E-state index contributed by atoms with van der Waals surface area (Å²) in [4.78, 5) is 27.4. The number of hydrogen-bond acceptors (Lipinski definition) is 8. The van der Waals surface area contributed by atoms with Crippen molar-refractivity contribution in [3.05, 3.63) is 74.5 Å². The van der Waals surface area contributed by atoms with Crippen LogP contribution in [0.15, 0.2) is 63.4 Å². The molecule has 208 valence electrons. The van der Waals surface area contributed by atoms with Crippen LogP contribution in [0, 0.1) is 0 Å². The molecule has 0 amide bonds. The number of hydrogen-bond donors (Lipinski definition) is 2. The Morgan fingerprint density at radius 1 is 1.10 bits per heavy atom. The Balaban J connectivity index is 1.77. The van der Waals surface area contributed by atoms with Crippen LogP contribution in [0.4, 0.5) is 0 Å². The monoisotopic (exact) mass is 599 g/mol. The first kappa shape index (κ1) is 28.7. The number of Topliss-reactive ketones (excluding diaryl/α,β-unsaturated/α-hetero) is 1. The summed E-state index contributed by atoms with van der Waals surface area (Å²) in [5, 5.41) is 13.8. The molecule has 2 atom stereocenters. The summed E-state index contributed by atoms with van der Waals surface area (Å²) < 4.78 is 22.5. The number of nitrogens with one attached hydrogen (secondary N) is 1. The molecule has 4 rings (SSSR count). The minimum atomic E-state index is -0.711. The number of rotatable bonds is 9. The number of para-hydroxylation sites is 1. The van der Waals surface area contributed by atoms with Crippen molar-refractivity contribution in [2.75, 3.05) is 27.4 Å². The Labute approximate surface area is 237 Å². The summed E-state index contributed by atoms with van der Waals surface area (Å²) in [6.45, 7) is 5.97. The maximum atomic E-state index is 13.9. The van der Waals surface area contributed by atoms with Gasteiger partial charge in [-0.15, -0.1) is 0 Å². The van der Waals surface area contributed by atoms with E-state index in [0.29, 0.717) is 33.3 Å². The zero-order valence-corrected chi connectivity index (χ0v) is 24.4. The molecule has 8 nitrogen and oxygen atoms in total. The third-order valence-corrected chi connectivity index (χ3v) is 7.60. The van der Waals surface area contributed by atoms with Gasteiger partial charge in [0.2, 0.25) is 0 Å². The van der Waals surface area contributed by atoms with Crippen LogP contribution in [0.1, 0.15) is 56.6 Å². The number of phenols is 1. The van der Waals surface area contributed by atoms with Crippen LogP contribution < -0.4 is 14.8 Å². The molecular weight excluding hydrogens is 566 g/mol. The fourth-order valence-electron chi connectivity index (χ4n) is 5.28. The number of esters is 1. The van der Waals surface area contributed by atoms with Gasteiger partial charge in [0.1, 0.15) is 12.4 Å². The maximum Gasteiger partial charge on any atom is 0.336 e. The second-order valence-corrected chi connectivity index (χ2v) is 10.7. The molecule has 1 heterocycles. The quantitative estimate of drug-likeness (QED) is 0.287. The van der Waals surface area contributed by atoms with Crippen molar-refractivity contribution in [3.8, 4) is 17.2 Å². The Morgan fingerprint density at radius 3 is 2.51 bits per heavy atom. The molecule has 1 aliphatic carbocycles. The van der Waals surface area contributed by atoms with Crippen LogP contribution >= 0.6 is 15.9 Å². The molecule has 0 fully saturated rings. The summed E-state index contributed by atoms with van der Waals surface area (Å²) in [6.07, 6.45) is 0.840. The number of ether oxygens (including phenoxy) is 4. The van der Waals surface area contributed by atoms with E-state index in [-0.39, 0.29) is 48.9 Å². The van der Waals surface area contributed by atoms with Crippen molar-refractivity contribution >= 4 is 27.7 Å². The van der Waals surface area contributed by atoms with Gasteiger partial charge in [-0.3, -0.25) is 4.79 Å². The Bertz CT molecular complexity index is 1330. The van der Waals surface area contributed by atoms with E-state index < -0.39 is 11.9 Å². The second kappa shape index (κ2) is 12.3. The Hall–Kier alpha value is -3.30. The Morgan fingerprint density at radius 2 is 1.82 bits per heavy atom. The third-order valence-electron chi connectivity index (χ3n) is 7.00. The summed E-state index contributed by atoms with van der Waals surface area (Å²) >= 11 is 3.39. The van der Waals surface area contributed by atoms with Gasteiger partial charge in [-0.25, -0.2) is 4.79 Å². The molecule has 1 aliphatic heterocycles. The zero-order chi connectivity index (χ0) is 28.3. The summed E-state index contributed by atoms with van der Waals surface area (Å²) in [6, 6.07) is 11.1. The number of benzene rings is 2. The maximum absolute atomic E-state index is 13.9. The predicted molar refractivity (Wildman–Crippen MR) is 150 cm³/mol.